The molecule has 0 saturated carbocycles. The van der Waals surface area contributed by atoms with E-state index in [1.165, 1.54) is 7.11 Å². The standard InChI is InChI=1S/C18H33N3O4/c1-4-5-12-20(2)17(23)15-9-13-21(14-10-15)18(24)19-11-7-6-8-16(22)25-3/h15H,4-14H2,1-3H3,(H,19,24). The number of methoxy groups -OCH3 is 1. The third-order valence-corrected chi connectivity index (χ3v) is 4.67. The summed E-state index contributed by atoms with van der Waals surface area (Å²) >= 11 is 0. The molecule has 0 spiro atoms. The first-order valence-corrected chi connectivity index (χ1v) is 9.34. The molecule has 0 bridgehead atoms. The molecule has 3 amide bonds. The molecule has 7 nitrogen and oxygen atoms in total. The Morgan fingerprint density at radius 1 is 1.16 bits per heavy atom. The molecule has 1 fully saturated rings. The molecular weight excluding hydrogens is 322 g/mol. The van der Waals surface area contributed by atoms with Crippen molar-refractivity contribution in [1.29, 1.82) is 0 Å². The first-order chi connectivity index (χ1) is 12.0. The van der Waals surface area contributed by atoms with Gasteiger partial charge in [-0.15, -0.1) is 0 Å². The lowest BCUT2D eigenvalue weighted by Crippen LogP contribution is -2.47. The van der Waals surface area contributed by atoms with Crippen molar-refractivity contribution in [3.05, 3.63) is 0 Å². The molecule has 1 heterocycles. The molecule has 1 N–H and O–H groups in total. The molecular formula is C18H33N3O4. The monoisotopic (exact) mass is 355 g/mol. The highest BCUT2D eigenvalue weighted by Gasteiger charge is 2.28. The lowest BCUT2D eigenvalue weighted by Gasteiger charge is -2.33. The fraction of sp³-hybridized carbons (Fsp3) is 0.833. The van der Waals surface area contributed by atoms with Crippen LogP contribution in [-0.4, -0.2) is 68.0 Å². The number of carbonyl (C=O) groups excluding carboxylic acids is 3. The maximum absolute atomic E-state index is 12.4. The van der Waals surface area contributed by atoms with Crippen LogP contribution in [-0.2, 0) is 14.3 Å². The van der Waals surface area contributed by atoms with Gasteiger partial charge in [-0.25, -0.2) is 4.79 Å². The summed E-state index contributed by atoms with van der Waals surface area (Å²) in [7, 11) is 3.24. The molecule has 1 rings (SSSR count). The van der Waals surface area contributed by atoms with Crippen molar-refractivity contribution in [1.82, 2.24) is 15.1 Å². The summed E-state index contributed by atoms with van der Waals surface area (Å²) in [5.74, 6) is 0.0178. The summed E-state index contributed by atoms with van der Waals surface area (Å²) in [5.41, 5.74) is 0. The summed E-state index contributed by atoms with van der Waals surface area (Å²) in [6.45, 7) is 4.71. The van der Waals surface area contributed by atoms with E-state index in [9.17, 15) is 14.4 Å². The molecule has 1 aliphatic heterocycles. The van der Waals surface area contributed by atoms with Gasteiger partial charge in [0.25, 0.3) is 0 Å². The zero-order valence-electron chi connectivity index (χ0n) is 15.9. The number of likely N-dealkylation sites (tertiary alicyclic amines) is 1. The van der Waals surface area contributed by atoms with Crippen LogP contribution >= 0.6 is 0 Å². The summed E-state index contributed by atoms with van der Waals surface area (Å²) in [6, 6.07) is -0.0803. The molecule has 0 radical (unpaired) electrons. The second-order valence-electron chi connectivity index (χ2n) is 6.64. The third kappa shape index (κ3) is 7.75. The number of urea groups is 1. The van der Waals surface area contributed by atoms with Crippen molar-refractivity contribution in [2.75, 3.05) is 40.3 Å². The van der Waals surface area contributed by atoms with E-state index in [4.69, 9.17) is 0 Å². The second-order valence-corrected chi connectivity index (χ2v) is 6.64. The number of rotatable bonds is 9. The summed E-state index contributed by atoms with van der Waals surface area (Å²) in [5, 5.41) is 2.88. The number of hydrogen-bond donors (Lipinski definition) is 1. The zero-order valence-corrected chi connectivity index (χ0v) is 15.9. The number of ether oxygens (including phenoxy) is 1. The topological polar surface area (TPSA) is 79.0 Å². The Balaban J connectivity index is 2.21. The highest BCUT2D eigenvalue weighted by molar-refractivity contribution is 5.79. The van der Waals surface area contributed by atoms with E-state index in [1.54, 1.807) is 4.90 Å². The van der Waals surface area contributed by atoms with Crippen molar-refractivity contribution in [3.8, 4) is 0 Å². The first kappa shape index (κ1) is 21.3. The molecule has 0 aromatic carbocycles. The lowest BCUT2D eigenvalue weighted by molar-refractivity contribution is -0.140. The molecule has 0 aromatic heterocycles. The fourth-order valence-corrected chi connectivity index (χ4v) is 2.95. The molecule has 1 saturated heterocycles. The second kappa shape index (κ2) is 11.7. The SMILES string of the molecule is CCCCN(C)C(=O)C1CCN(C(=O)NCCCCC(=O)OC)CC1. The number of nitrogens with one attached hydrogen (secondary N) is 1. The summed E-state index contributed by atoms with van der Waals surface area (Å²) in [6.07, 6.45) is 5.39. The van der Waals surface area contributed by atoms with Gasteiger partial charge in [-0.3, -0.25) is 9.59 Å². The van der Waals surface area contributed by atoms with Crippen LogP contribution < -0.4 is 5.32 Å². The number of amides is 3. The van der Waals surface area contributed by atoms with E-state index in [0.29, 0.717) is 32.5 Å². The Bertz CT molecular complexity index is 434. The number of nitrogens with zero attached hydrogens (tertiary/aromatic N) is 2. The summed E-state index contributed by atoms with van der Waals surface area (Å²) in [4.78, 5) is 39.1. The number of unbranched alkanes of at least 4 members (excludes halogenated alkanes) is 2. The van der Waals surface area contributed by atoms with Crippen molar-refractivity contribution in [2.45, 2.75) is 51.9 Å². The van der Waals surface area contributed by atoms with Crippen LogP contribution in [0.5, 0.6) is 0 Å². The number of carbonyl (C=O) groups is 3. The minimum atomic E-state index is -0.220. The van der Waals surface area contributed by atoms with E-state index in [2.05, 4.69) is 17.0 Å². The van der Waals surface area contributed by atoms with Gasteiger partial charge in [-0.2, -0.15) is 0 Å². The van der Waals surface area contributed by atoms with Crippen LogP contribution in [0, 0.1) is 5.92 Å². The molecule has 25 heavy (non-hydrogen) atoms. The first-order valence-electron chi connectivity index (χ1n) is 9.34. The Morgan fingerprint density at radius 2 is 1.84 bits per heavy atom. The van der Waals surface area contributed by atoms with E-state index in [0.717, 1.165) is 38.6 Å². The number of hydrogen-bond acceptors (Lipinski definition) is 4. The minimum Gasteiger partial charge on any atom is -0.469 e. The average molecular weight is 355 g/mol. The Labute approximate surface area is 151 Å². The van der Waals surface area contributed by atoms with Crippen LogP contribution in [0.15, 0.2) is 0 Å². The van der Waals surface area contributed by atoms with Crippen LogP contribution in [0.1, 0.15) is 51.9 Å². The molecule has 144 valence electrons. The Hall–Kier alpha value is -1.79. The van der Waals surface area contributed by atoms with Crippen molar-refractivity contribution in [3.63, 3.8) is 0 Å². The van der Waals surface area contributed by atoms with E-state index in [-0.39, 0.29) is 23.8 Å². The number of esters is 1. The maximum Gasteiger partial charge on any atom is 0.317 e. The van der Waals surface area contributed by atoms with Gasteiger partial charge < -0.3 is 19.9 Å². The van der Waals surface area contributed by atoms with Crippen LogP contribution in [0.3, 0.4) is 0 Å². The molecule has 7 heteroatoms. The van der Waals surface area contributed by atoms with Crippen molar-refractivity contribution < 1.29 is 19.1 Å². The van der Waals surface area contributed by atoms with Crippen molar-refractivity contribution >= 4 is 17.9 Å². The van der Waals surface area contributed by atoms with Crippen LogP contribution in [0.25, 0.3) is 0 Å². The lowest BCUT2D eigenvalue weighted by atomic mass is 9.95. The van der Waals surface area contributed by atoms with Crippen LogP contribution in [0.4, 0.5) is 4.79 Å². The highest BCUT2D eigenvalue weighted by atomic mass is 16.5. The largest absolute Gasteiger partial charge is 0.469 e. The number of piperidine rings is 1. The smallest absolute Gasteiger partial charge is 0.317 e. The van der Waals surface area contributed by atoms with Gasteiger partial charge >= 0.3 is 12.0 Å². The van der Waals surface area contributed by atoms with Gasteiger partial charge in [0, 0.05) is 45.6 Å². The van der Waals surface area contributed by atoms with E-state index < -0.39 is 0 Å². The quantitative estimate of drug-likeness (QED) is 0.507. The van der Waals surface area contributed by atoms with Gasteiger partial charge in [0.2, 0.25) is 5.91 Å². The van der Waals surface area contributed by atoms with Crippen LogP contribution in [0.2, 0.25) is 0 Å². The zero-order chi connectivity index (χ0) is 18.7. The predicted molar refractivity (Wildman–Crippen MR) is 96.1 cm³/mol. The Kier molecular flexibility index (Phi) is 9.96. The summed E-state index contributed by atoms with van der Waals surface area (Å²) < 4.78 is 4.58. The highest BCUT2D eigenvalue weighted by Crippen LogP contribution is 2.19. The van der Waals surface area contributed by atoms with Gasteiger partial charge in [0.1, 0.15) is 0 Å². The van der Waals surface area contributed by atoms with Crippen molar-refractivity contribution in [2.24, 2.45) is 5.92 Å². The van der Waals surface area contributed by atoms with E-state index in [1.807, 2.05) is 11.9 Å². The third-order valence-electron chi connectivity index (χ3n) is 4.67. The molecule has 0 unspecified atom stereocenters. The van der Waals surface area contributed by atoms with Gasteiger partial charge in [0.15, 0.2) is 0 Å². The van der Waals surface area contributed by atoms with E-state index >= 15 is 0 Å². The normalized spacial score (nSPS) is 14.9. The predicted octanol–water partition coefficient (Wildman–Crippen LogP) is 2.01. The molecule has 0 aliphatic carbocycles. The Morgan fingerprint density at radius 3 is 2.44 bits per heavy atom. The van der Waals surface area contributed by atoms with Gasteiger partial charge in [0.05, 0.1) is 7.11 Å². The van der Waals surface area contributed by atoms with Gasteiger partial charge in [-0.1, -0.05) is 13.3 Å². The molecule has 0 aromatic rings. The molecule has 0 atom stereocenters. The molecule has 1 aliphatic rings. The maximum atomic E-state index is 12.4. The average Bonchev–Trinajstić information content (AvgIpc) is 2.64. The minimum absolute atomic E-state index is 0.0333. The fourth-order valence-electron chi connectivity index (χ4n) is 2.95. The van der Waals surface area contributed by atoms with Gasteiger partial charge in [-0.05, 0) is 32.1 Å².